The molecule has 2 aromatic carbocycles. The SMILES string of the molecule is CCC(C)NC(=O)c1cccc(CNC(=NC)NCCOc2ccc(C)cc2)c1.I. The summed E-state index contributed by atoms with van der Waals surface area (Å²) in [6.45, 7) is 7.84. The maximum atomic E-state index is 12.3. The second-order valence-corrected chi connectivity index (χ2v) is 7.00. The smallest absolute Gasteiger partial charge is 0.251 e. The van der Waals surface area contributed by atoms with Crippen molar-refractivity contribution in [2.24, 2.45) is 4.99 Å². The summed E-state index contributed by atoms with van der Waals surface area (Å²) in [6.07, 6.45) is 0.905. The summed E-state index contributed by atoms with van der Waals surface area (Å²) in [4.78, 5) is 16.5. The molecule has 0 saturated carbocycles. The van der Waals surface area contributed by atoms with E-state index in [1.54, 1.807) is 7.05 Å². The Kier molecular flexibility index (Phi) is 11.9. The van der Waals surface area contributed by atoms with Crippen molar-refractivity contribution in [1.29, 1.82) is 0 Å². The van der Waals surface area contributed by atoms with Crippen LogP contribution in [0, 0.1) is 6.92 Å². The Labute approximate surface area is 196 Å². The molecule has 1 unspecified atom stereocenters. The molecule has 1 atom stereocenters. The number of hydrogen-bond acceptors (Lipinski definition) is 3. The van der Waals surface area contributed by atoms with Crippen LogP contribution in [0.1, 0.15) is 41.8 Å². The van der Waals surface area contributed by atoms with Crippen LogP contribution in [0.3, 0.4) is 0 Å². The number of guanidine groups is 1. The molecule has 0 saturated heterocycles. The molecule has 0 aliphatic rings. The molecule has 0 aliphatic carbocycles. The lowest BCUT2D eigenvalue weighted by molar-refractivity contribution is 0.0939. The molecule has 0 spiro atoms. The van der Waals surface area contributed by atoms with Gasteiger partial charge in [-0.2, -0.15) is 0 Å². The summed E-state index contributed by atoms with van der Waals surface area (Å²) < 4.78 is 5.71. The number of aliphatic imine (C=N–C) groups is 1. The minimum Gasteiger partial charge on any atom is -0.492 e. The first-order chi connectivity index (χ1) is 14.0. The van der Waals surface area contributed by atoms with E-state index in [1.165, 1.54) is 5.56 Å². The van der Waals surface area contributed by atoms with Crippen molar-refractivity contribution >= 4 is 35.8 Å². The standard InChI is InChI=1S/C23H32N4O2.HI/c1-5-18(3)27-22(28)20-8-6-7-19(15-20)16-26-23(24-4)25-13-14-29-21-11-9-17(2)10-12-21;/h6-12,15,18H,5,13-14,16H2,1-4H3,(H,27,28)(H2,24,25,26);1H. The van der Waals surface area contributed by atoms with E-state index in [-0.39, 0.29) is 35.9 Å². The minimum atomic E-state index is -0.0445. The molecule has 164 valence electrons. The average molecular weight is 524 g/mol. The molecule has 0 fully saturated rings. The van der Waals surface area contributed by atoms with Crippen LogP contribution in [0.5, 0.6) is 5.75 Å². The van der Waals surface area contributed by atoms with Gasteiger partial charge in [-0.3, -0.25) is 9.79 Å². The summed E-state index contributed by atoms with van der Waals surface area (Å²) >= 11 is 0. The molecule has 2 aromatic rings. The predicted molar refractivity (Wildman–Crippen MR) is 134 cm³/mol. The van der Waals surface area contributed by atoms with E-state index >= 15 is 0 Å². The summed E-state index contributed by atoms with van der Waals surface area (Å²) in [5, 5.41) is 9.48. The van der Waals surface area contributed by atoms with E-state index in [0.29, 0.717) is 31.2 Å². The van der Waals surface area contributed by atoms with Crippen LogP contribution in [0.15, 0.2) is 53.5 Å². The fraction of sp³-hybridized carbons (Fsp3) is 0.391. The second-order valence-electron chi connectivity index (χ2n) is 7.00. The lowest BCUT2D eigenvalue weighted by Crippen LogP contribution is -2.39. The largest absolute Gasteiger partial charge is 0.492 e. The van der Waals surface area contributed by atoms with Gasteiger partial charge < -0.3 is 20.7 Å². The van der Waals surface area contributed by atoms with Crippen molar-refractivity contribution in [3.05, 3.63) is 65.2 Å². The van der Waals surface area contributed by atoms with Crippen molar-refractivity contribution < 1.29 is 9.53 Å². The number of ether oxygens (including phenoxy) is 1. The highest BCUT2D eigenvalue weighted by Crippen LogP contribution is 2.10. The molecular weight excluding hydrogens is 491 g/mol. The van der Waals surface area contributed by atoms with Crippen LogP contribution >= 0.6 is 24.0 Å². The molecule has 0 aromatic heterocycles. The van der Waals surface area contributed by atoms with Crippen molar-refractivity contribution in [1.82, 2.24) is 16.0 Å². The first kappa shape index (κ1) is 25.7. The number of halogens is 1. The van der Waals surface area contributed by atoms with E-state index in [9.17, 15) is 4.79 Å². The van der Waals surface area contributed by atoms with Crippen molar-refractivity contribution in [2.75, 3.05) is 20.2 Å². The van der Waals surface area contributed by atoms with Gasteiger partial charge in [0.05, 0.1) is 6.54 Å². The number of carbonyl (C=O) groups is 1. The van der Waals surface area contributed by atoms with Gasteiger partial charge >= 0.3 is 0 Å². The highest BCUT2D eigenvalue weighted by atomic mass is 127. The molecule has 2 rings (SSSR count). The van der Waals surface area contributed by atoms with E-state index in [2.05, 4.69) is 34.8 Å². The molecule has 6 nitrogen and oxygen atoms in total. The number of rotatable bonds is 9. The molecule has 30 heavy (non-hydrogen) atoms. The Morgan fingerprint density at radius 3 is 2.53 bits per heavy atom. The average Bonchev–Trinajstić information content (AvgIpc) is 2.74. The quantitative estimate of drug-likeness (QED) is 0.202. The van der Waals surface area contributed by atoms with E-state index < -0.39 is 0 Å². The number of benzene rings is 2. The van der Waals surface area contributed by atoms with Gasteiger partial charge in [-0.15, -0.1) is 24.0 Å². The first-order valence-corrected chi connectivity index (χ1v) is 10.1. The zero-order valence-electron chi connectivity index (χ0n) is 18.2. The topological polar surface area (TPSA) is 74.8 Å². The fourth-order valence-corrected chi connectivity index (χ4v) is 2.61. The summed E-state index contributed by atoms with van der Waals surface area (Å²) in [5.74, 6) is 1.50. The van der Waals surface area contributed by atoms with Crippen molar-refractivity contribution in [3.8, 4) is 5.75 Å². The lowest BCUT2D eigenvalue weighted by Gasteiger charge is -2.14. The molecule has 0 aliphatic heterocycles. The zero-order chi connectivity index (χ0) is 21.1. The monoisotopic (exact) mass is 524 g/mol. The highest BCUT2D eigenvalue weighted by Gasteiger charge is 2.09. The zero-order valence-corrected chi connectivity index (χ0v) is 20.5. The summed E-state index contributed by atoms with van der Waals surface area (Å²) in [7, 11) is 1.73. The molecule has 0 radical (unpaired) electrons. The highest BCUT2D eigenvalue weighted by molar-refractivity contribution is 14.0. The Morgan fingerprint density at radius 2 is 1.87 bits per heavy atom. The van der Waals surface area contributed by atoms with Gasteiger partial charge in [-0.05, 0) is 50.1 Å². The van der Waals surface area contributed by atoms with E-state index in [4.69, 9.17) is 4.74 Å². The second kappa shape index (κ2) is 13.8. The number of nitrogens with zero attached hydrogens (tertiary/aromatic N) is 1. The van der Waals surface area contributed by atoms with Crippen LogP contribution in [0.25, 0.3) is 0 Å². The number of hydrogen-bond donors (Lipinski definition) is 3. The third-order valence-corrected chi connectivity index (χ3v) is 4.55. The van der Waals surface area contributed by atoms with Gasteiger partial charge in [0.25, 0.3) is 5.91 Å². The fourth-order valence-electron chi connectivity index (χ4n) is 2.61. The lowest BCUT2D eigenvalue weighted by atomic mass is 10.1. The number of aryl methyl sites for hydroxylation is 1. The summed E-state index contributed by atoms with van der Waals surface area (Å²) in [6, 6.07) is 15.8. The van der Waals surface area contributed by atoms with Gasteiger partial charge in [0.1, 0.15) is 12.4 Å². The van der Waals surface area contributed by atoms with Gasteiger partial charge in [-0.25, -0.2) is 0 Å². The van der Waals surface area contributed by atoms with Crippen LogP contribution in [-0.4, -0.2) is 38.1 Å². The first-order valence-electron chi connectivity index (χ1n) is 10.1. The van der Waals surface area contributed by atoms with Crippen LogP contribution in [0.4, 0.5) is 0 Å². The van der Waals surface area contributed by atoms with E-state index in [1.807, 2.05) is 55.5 Å². The molecule has 7 heteroatoms. The third-order valence-electron chi connectivity index (χ3n) is 4.55. The van der Waals surface area contributed by atoms with Gasteiger partial charge in [0, 0.05) is 25.2 Å². The third kappa shape index (κ3) is 9.02. The van der Waals surface area contributed by atoms with Crippen LogP contribution < -0.4 is 20.7 Å². The van der Waals surface area contributed by atoms with E-state index in [0.717, 1.165) is 17.7 Å². The molecule has 1 amide bonds. The number of carbonyl (C=O) groups excluding carboxylic acids is 1. The van der Waals surface area contributed by atoms with Gasteiger partial charge in [0.15, 0.2) is 5.96 Å². The normalized spacial score (nSPS) is 11.8. The van der Waals surface area contributed by atoms with Gasteiger partial charge in [-0.1, -0.05) is 36.8 Å². The Morgan fingerprint density at radius 1 is 1.13 bits per heavy atom. The van der Waals surface area contributed by atoms with Crippen molar-refractivity contribution in [2.45, 2.75) is 39.8 Å². The van der Waals surface area contributed by atoms with Crippen LogP contribution in [0.2, 0.25) is 0 Å². The van der Waals surface area contributed by atoms with Crippen molar-refractivity contribution in [3.63, 3.8) is 0 Å². The molecular formula is C23H33IN4O2. The molecule has 0 bridgehead atoms. The maximum absolute atomic E-state index is 12.3. The molecule has 0 heterocycles. The Hall–Kier alpha value is -2.29. The molecule has 3 N–H and O–H groups in total. The predicted octanol–water partition coefficient (Wildman–Crippen LogP) is 3.89. The minimum absolute atomic E-state index is 0. The van der Waals surface area contributed by atoms with Gasteiger partial charge in [0.2, 0.25) is 0 Å². The summed E-state index contributed by atoms with van der Waals surface area (Å²) in [5.41, 5.74) is 2.89. The van der Waals surface area contributed by atoms with Crippen LogP contribution in [-0.2, 0) is 6.54 Å². The Bertz CT molecular complexity index is 809. The Balaban J connectivity index is 0.00000450. The number of amides is 1. The number of nitrogens with one attached hydrogen (secondary N) is 3. The maximum Gasteiger partial charge on any atom is 0.251 e.